The number of halogens is 1. The molecule has 0 saturated heterocycles. The lowest BCUT2D eigenvalue weighted by molar-refractivity contribution is -0.519. The topological polar surface area (TPSA) is 38.4 Å². The minimum atomic E-state index is -0.0451. The first-order chi connectivity index (χ1) is 6.74. The van der Waals surface area contributed by atoms with Crippen molar-refractivity contribution in [1.29, 1.82) is 0 Å². The number of rotatable bonds is 1. The molecule has 1 aromatic rings. The maximum atomic E-state index is 10.9. The van der Waals surface area contributed by atoms with Crippen LogP contribution in [-0.2, 0) is 0 Å². The molecule has 1 aromatic carbocycles. The van der Waals surface area contributed by atoms with E-state index in [4.69, 9.17) is 0 Å². The van der Waals surface area contributed by atoms with Gasteiger partial charge in [-0.05, 0) is 23.3 Å². The maximum absolute atomic E-state index is 10.9. The first-order valence-electron chi connectivity index (χ1n) is 4.35. The van der Waals surface area contributed by atoms with Gasteiger partial charge in [-0.3, -0.25) is 0 Å². The zero-order valence-corrected chi connectivity index (χ0v) is 9.07. The van der Waals surface area contributed by atoms with Crippen molar-refractivity contribution in [2.75, 3.05) is 6.54 Å². The van der Waals surface area contributed by atoms with Gasteiger partial charge in [-0.25, -0.2) is 0 Å². The van der Waals surface area contributed by atoms with Crippen molar-refractivity contribution in [3.05, 3.63) is 34.3 Å². The van der Waals surface area contributed by atoms with Gasteiger partial charge < -0.3 is 5.11 Å². The quantitative estimate of drug-likeness (QED) is 0.687. The second kappa shape index (κ2) is 3.92. The highest BCUT2D eigenvalue weighted by Crippen LogP contribution is 2.10. The van der Waals surface area contributed by atoms with Gasteiger partial charge >= 0.3 is 0 Å². The molecule has 4 heteroatoms. The Morgan fingerprint density at radius 2 is 2.36 bits per heavy atom. The normalized spacial score (nSPS) is 18.6. The van der Waals surface area contributed by atoms with Crippen LogP contribution in [0.3, 0.4) is 0 Å². The van der Waals surface area contributed by atoms with E-state index < -0.39 is 0 Å². The average Bonchev–Trinajstić information content (AvgIpc) is 2.51. The number of hydrogen-bond acceptors (Lipinski definition) is 2. The van der Waals surface area contributed by atoms with E-state index >= 15 is 0 Å². The smallest absolute Gasteiger partial charge is 0.203 e. The van der Waals surface area contributed by atoms with Gasteiger partial charge in [0.05, 0.1) is 0 Å². The highest BCUT2D eigenvalue weighted by atomic mass is 79.9. The van der Waals surface area contributed by atoms with E-state index in [0.717, 1.165) is 10.0 Å². The molecule has 1 aliphatic rings. The molecule has 0 aliphatic carbocycles. The fourth-order valence-corrected chi connectivity index (χ4v) is 1.72. The minimum absolute atomic E-state index is 0.0451. The SMILES string of the molecule is [O-]C1=N/[N+](=C\c2cccc(Br)c2)CC1. The maximum Gasteiger partial charge on any atom is 0.203 e. The second-order valence-electron chi connectivity index (χ2n) is 3.09. The standard InChI is InChI=1S/C10H9BrN2O/c11-9-3-1-2-8(6-9)7-13-5-4-10(14)12-13/h1-3,6-7H,4-5H2/b13-7-. The van der Waals surface area contributed by atoms with Gasteiger partial charge in [0.1, 0.15) is 0 Å². The van der Waals surface area contributed by atoms with Crippen molar-refractivity contribution in [3.63, 3.8) is 0 Å². The molecule has 1 aliphatic heterocycles. The molecule has 0 N–H and O–H groups in total. The lowest BCUT2D eigenvalue weighted by Gasteiger charge is -1.91. The van der Waals surface area contributed by atoms with E-state index in [2.05, 4.69) is 21.0 Å². The minimum Gasteiger partial charge on any atom is -0.857 e. The molecular formula is C10H9BrN2O. The van der Waals surface area contributed by atoms with Crippen LogP contribution in [0.25, 0.3) is 0 Å². The molecule has 0 unspecified atom stereocenters. The van der Waals surface area contributed by atoms with Crippen molar-refractivity contribution >= 4 is 28.0 Å². The van der Waals surface area contributed by atoms with E-state index in [1.807, 2.05) is 30.5 Å². The molecule has 0 saturated carbocycles. The number of benzene rings is 1. The van der Waals surface area contributed by atoms with E-state index in [-0.39, 0.29) is 5.90 Å². The average molecular weight is 253 g/mol. The molecule has 3 nitrogen and oxygen atoms in total. The summed E-state index contributed by atoms with van der Waals surface area (Å²) in [6.07, 6.45) is 2.39. The number of hydrogen-bond donors (Lipinski definition) is 0. The monoisotopic (exact) mass is 252 g/mol. The molecular weight excluding hydrogens is 244 g/mol. The van der Waals surface area contributed by atoms with Crippen LogP contribution in [0.2, 0.25) is 0 Å². The summed E-state index contributed by atoms with van der Waals surface area (Å²) in [6.45, 7) is 0.686. The Balaban J connectivity index is 2.26. The van der Waals surface area contributed by atoms with Crippen molar-refractivity contribution < 1.29 is 9.79 Å². The van der Waals surface area contributed by atoms with Crippen molar-refractivity contribution in [2.24, 2.45) is 5.10 Å². The van der Waals surface area contributed by atoms with Gasteiger partial charge in [0.25, 0.3) is 0 Å². The lowest BCUT2D eigenvalue weighted by atomic mass is 10.2. The molecule has 1 heterocycles. The molecule has 72 valence electrons. The predicted molar refractivity (Wildman–Crippen MR) is 56.5 cm³/mol. The summed E-state index contributed by atoms with van der Waals surface area (Å²) in [5.41, 5.74) is 1.04. The van der Waals surface area contributed by atoms with Gasteiger partial charge in [0.15, 0.2) is 6.54 Å². The lowest BCUT2D eigenvalue weighted by Crippen LogP contribution is -2.13. The van der Waals surface area contributed by atoms with Crippen molar-refractivity contribution in [3.8, 4) is 0 Å². The summed E-state index contributed by atoms with van der Waals surface area (Å²) in [4.78, 5) is 0. The Hall–Kier alpha value is -1.16. The molecule has 14 heavy (non-hydrogen) atoms. The summed E-state index contributed by atoms with van der Waals surface area (Å²) in [7, 11) is 0. The fraction of sp³-hybridized carbons (Fsp3) is 0.200. The zero-order chi connectivity index (χ0) is 9.97. The molecule has 2 rings (SSSR count). The molecule has 0 amide bonds. The third-order valence-electron chi connectivity index (χ3n) is 1.94. The van der Waals surface area contributed by atoms with Crippen LogP contribution in [0.4, 0.5) is 0 Å². The molecule has 0 atom stereocenters. The number of nitrogens with zero attached hydrogens (tertiary/aromatic N) is 2. The van der Waals surface area contributed by atoms with Crippen molar-refractivity contribution in [1.82, 2.24) is 0 Å². The summed E-state index contributed by atoms with van der Waals surface area (Å²) in [5, 5.41) is 14.7. The summed E-state index contributed by atoms with van der Waals surface area (Å²) >= 11 is 3.39. The Morgan fingerprint density at radius 3 is 3.00 bits per heavy atom. The molecule has 0 aromatic heterocycles. The first kappa shape index (κ1) is 9.40. The van der Waals surface area contributed by atoms with Crippen molar-refractivity contribution in [2.45, 2.75) is 6.42 Å². The largest absolute Gasteiger partial charge is 0.857 e. The van der Waals surface area contributed by atoms with Crippen LogP contribution in [0.5, 0.6) is 0 Å². The van der Waals surface area contributed by atoms with E-state index in [0.29, 0.717) is 13.0 Å². The van der Waals surface area contributed by atoms with Gasteiger partial charge in [-0.2, -0.15) is 0 Å². The highest BCUT2D eigenvalue weighted by Gasteiger charge is 2.10. The summed E-state index contributed by atoms with van der Waals surface area (Å²) in [5.74, 6) is -0.0451. The zero-order valence-electron chi connectivity index (χ0n) is 7.48. The molecule has 0 fully saturated rings. The fourth-order valence-electron chi connectivity index (χ4n) is 1.31. The van der Waals surface area contributed by atoms with E-state index in [1.165, 1.54) is 0 Å². The van der Waals surface area contributed by atoms with E-state index in [1.54, 1.807) is 4.68 Å². The third-order valence-corrected chi connectivity index (χ3v) is 2.43. The third kappa shape index (κ3) is 2.20. The van der Waals surface area contributed by atoms with Crippen LogP contribution in [-0.4, -0.2) is 23.3 Å². The van der Waals surface area contributed by atoms with Crippen LogP contribution < -0.4 is 5.11 Å². The Labute approximate surface area is 90.5 Å². The predicted octanol–water partition coefficient (Wildman–Crippen LogP) is 0.958. The van der Waals surface area contributed by atoms with Crippen LogP contribution in [0, 0.1) is 0 Å². The highest BCUT2D eigenvalue weighted by molar-refractivity contribution is 9.10. The first-order valence-corrected chi connectivity index (χ1v) is 5.15. The van der Waals surface area contributed by atoms with Gasteiger partial charge in [-0.15, -0.1) is 0 Å². The van der Waals surface area contributed by atoms with Gasteiger partial charge in [0.2, 0.25) is 6.21 Å². The van der Waals surface area contributed by atoms with Crippen LogP contribution >= 0.6 is 15.9 Å². The second-order valence-corrected chi connectivity index (χ2v) is 4.01. The summed E-state index contributed by atoms with van der Waals surface area (Å²) < 4.78 is 2.71. The van der Waals surface area contributed by atoms with E-state index in [9.17, 15) is 5.11 Å². The van der Waals surface area contributed by atoms with Crippen LogP contribution in [0.1, 0.15) is 12.0 Å². The van der Waals surface area contributed by atoms with Gasteiger partial charge in [0, 0.05) is 22.4 Å². The molecule has 0 bridgehead atoms. The number of hydrazone groups is 1. The molecule has 0 spiro atoms. The Bertz CT molecular complexity index is 412. The summed E-state index contributed by atoms with van der Waals surface area (Å²) in [6, 6.07) is 7.87. The Kier molecular flexibility index (Phi) is 2.63. The van der Waals surface area contributed by atoms with Gasteiger partial charge in [-0.1, -0.05) is 26.7 Å². The van der Waals surface area contributed by atoms with Crippen LogP contribution in [0.15, 0.2) is 33.8 Å². The molecule has 0 radical (unpaired) electrons. The Morgan fingerprint density at radius 1 is 1.50 bits per heavy atom.